The van der Waals surface area contributed by atoms with Crippen molar-refractivity contribution in [2.45, 2.75) is 0 Å². The molecule has 2 amide bonds. The van der Waals surface area contributed by atoms with Crippen LogP contribution in [-0.2, 0) is 0 Å². The van der Waals surface area contributed by atoms with Crippen LogP contribution in [0.15, 0.2) is 19.5 Å². The average Bonchev–Trinajstić information content (AvgIpc) is 2.10. The summed E-state index contributed by atoms with van der Waals surface area (Å²) in [6, 6.07) is 1.50. The fourth-order valence-corrected chi connectivity index (χ4v) is 2.90. The Kier molecular flexibility index (Phi) is 3.91. The fourth-order valence-electron chi connectivity index (χ4n) is 1.000. The molecule has 0 fully saturated rings. The Balaban J connectivity index is 3.63. The highest BCUT2D eigenvalue weighted by Gasteiger charge is 2.20. The molecule has 80 valence electrons. The largest absolute Gasteiger partial charge is 0.366 e. The van der Waals surface area contributed by atoms with E-state index in [4.69, 9.17) is 11.5 Å². The Morgan fingerprint density at radius 1 is 1.00 bits per heavy atom. The van der Waals surface area contributed by atoms with Crippen LogP contribution in [0.3, 0.4) is 0 Å². The molecule has 4 N–H and O–H groups in total. The van der Waals surface area contributed by atoms with Gasteiger partial charge in [0, 0.05) is 13.4 Å². The quantitative estimate of drug-likeness (QED) is 0.745. The number of hydrogen-bond donors (Lipinski definition) is 2. The molecule has 0 saturated carbocycles. The molecule has 0 unspecified atom stereocenters. The third-order valence-corrected chi connectivity index (χ3v) is 4.47. The van der Waals surface area contributed by atoms with Gasteiger partial charge in [-0.15, -0.1) is 0 Å². The molecule has 0 radical (unpaired) electrons. The summed E-state index contributed by atoms with van der Waals surface area (Å²) in [5, 5.41) is 0. The monoisotopic (exact) mass is 398 g/mol. The summed E-state index contributed by atoms with van der Waals surface area (Å²) in [4.78, 5) is 22.2. The standard InChI is InChI=1S/C8H5Br3N2O2/c9-3-1-2(7(12)14)5(10)4(6(3)11)8(13)15/h1H,(H2,12,14)(H2,13,15). The third kappa shape index (κ3) is 2.40. The van der Waals surface area contributed by atoms with E-state index in [1.165, 1.54) is 6.07 Å². The predicted molar refractivity (Wildman–Crippen MR) is 66.6 cm³/mol. The van der Waals surface area contributed by atoms with Crippen LogP contribution in [-0.4, -0.2) is 11.8 Å². The van der Waals surface area contributed by atoms with E-state index in [2.05, 4.69) is 47.8 Å². The van der Waals surface area contributed by atoms with Gasteiger partial charge in [0.2, 0.25) is 5.91 Å². The van der Waals surface area contributed by atoms with Crippen molar-refractivity contribution < 1.29 is 9.59 Å². The van der Waals surface area contributed by atoms with E-state index in [0.717, 1.165) is 0 Å². The minimum Gasteiger partial charge on any atom is -0.366 e. The summed E-state index contributed by atoms with van der Waals surface area (Å²) in [7, 11) is 0. The molecule has 0 aromatic heterocycles. The fraction of sp³-hybridized carbons (Fsp3) is 0. The zero-order valence-electron chi connectivity index (χ0n) is 7.18. The molecular formula is C8H5Br3N2O2. The molecule has 0 spiro atoms. The first-order valence-corrected chi connectivity index (χ1v) is 6.01. The number of hydrogen-bond acceptors (Lipinski definition) is 2. The smallest absolute Gasteiger partial charge is 0.251 e. The van der Waals surface area contributed by atoms with Gasteiger partial charge < -0.3 is 11.5 Å². The lowest BCUT2D eigenvalue weighted by Crippen LogP contribution is -2.18. The Hall–Kier alpha value is -0.400. The second-order valence-electron chi connectivity index (χ2n) is 2.64. The van der Waals surface area contributed by atoms with Crippen molar-refractivity contribution in [3.05, 3.63) is 30.6 Å². The predicted octanol–water partition coefficient (Wildman–Crippen LogP) is 2.17. The zero-order chi connectivity index (χ0) is 11.7. The topological polar surface area (TPSA) is 86.2 Å². The van der Waals surface area contributed by atoms with Crippen LogP contribution >= 0.6 is 47.8 Å². The van der Waals surface area contributed by atoms with Gasteiger partial charge in [0.1, 0.15) is 0 Å². The maximum absolute atomic E-state index is 11.2. The molecule has 0 bridgehead atoms. The first kappa shape index (κ1) is 12.7. The average molecular weight is 401 g/mol. The highest BCUT2D eigenvalue weighted by Crippen LogP contribution is 2.34. The van der Waals surface area contributed by atoms with Gasteiger partial charge in [0.25, 0.3) is 5.91 Å². The van der Waals surface area contributed by atoms with Gasteiger partial charge in [-0.3, -0.25) is 9.59 Å². The Morgan fingerprint density at radius 2 is 1.53 bits per heavy atom. The van der Waals surface area contributed by atoms with E-state index >= 15 is 0 Å². The van der Waals surface area contributed by atoms with Gasteiger partial charge in [0.05, 0.1) is 11.1 Å². The van der Waals surface area contributed by atoms with Crippen molar-refractivity contribution in [1.82, 2.24) is 0 Å². The van der Waals surface area contributed by atoms with Crippen LogP contribution in [0.5, 0.6) is 0 Å². The molecule has 0 aliphatic rings. The maximum atomic E-state index is 11.2. The van der Waals surface area contributed by atoms with E-state index in [1.54, 1.807) is 0 Å². The first-order valence-electron chi connectivity index (χ1n) is 3.63. The Morgan fingerprint density at radius 3 is 1.93 bits per heavy atom. The molecular weight excluding hydrogens is 396 g/mol. The van der Waals surface area contributed by atoms with E-state index in [0.29, 0.717) is 8.95 Å². The number of benzene rings is 1. The van der Waals surface area contributed by atoms with Crippen molar-refractivity contribution in [2.24, 2.45) is 11.5 Å². The second-order valence-corrected chi connectivity index (χ2v) is 5.08. The summed E-state index contributed by atoms with van der Waals surface area (Å²) in [6.07, 6.45) is 0. The van der Waals surface area contributed by atoms with E-state index in [9.17, 15) is 9.59 Å². The van der Waals surface area contributed by atoms with E-state index in [-0.39, 0.29) is 15.6 Å². The van der Waals surface area contributed by atoms with E-state index < -0.39 is 11.8 Å². The summed E-state index contributed by atoms with van der Waals surface area (Å²) >= 11 is 9.48. The van der Waals surface area contributed by atoms with Gasteiger partial charge in [0.15, 0.2) is 0 Å². The molecule has 15 heavy (non-hydrogen) atoms. The number of halogens is 3. The maximum Gasteiger partial charge on any atom is 0.251 e. The first-order chi connectivity index (χ1) is 6.86. The minimum atomic E-state index is -0.655. The summed E-state index contributed by atoms with van der Waals surface area (Å²) in [5.41, 5.74) is 10.7. The Labute approximate surface area is 111 Å². The lowest BCUT2D eigenvalue weighted by molar-refractivity contribution is 0.0998. The zero-order valence-corrected chi connectivity index (χ0v) is 11.9. The van der Waals surface area contributed by atoms with Gasteiger partial charge in [-0.05, 0) is 53.9 Å². The summed E-state index contributed by atoms with van der Waals surface area (Å²) < 4.78 is 1.30. The van der Waals surface area contributed by atoms with Crippen molar-refractivity contribution in [1.29, 1.82) is 0 Å². The van der Waals surface area contributed by atoms with Crippen LogP contribution < -0.4 is 11.5 Å². The number of amides is 2. The second kappa shape index (κ2) is 4.63. The number of nitrogens with two attached hydrogens (primary N) is 2. The third-order valence-electron chi connectivity index (χ3n) is 1.67. The number of primary amides is 2. The van der Waals surface area contributed by atoms with Crippen LogP contribution in [0.2, 0.25) is 0 Å². The van der Waals surface area contributed by atoms with Crippen molar-refractivity contribution in [2.75, 3.05) is 0 Å². The molecule has 0 aliphatic heterocycles. The van der Waals surface area contributed by atoms with E-state index in [1.807, 2.05) is 0 Å². The molecule has 7 heteroatoms. The molecule has 0 heterocycles. The molecule has 1 aromatic carbocycles. The lowest BCUT2D eigenvalue weighted by atomic mass is 10.1. The molecule has 0 atom stereocenters. The molecule has 1 rings (SSSR count). The normalized spacial score (nSPS) is 10.1. The highest BCUT2D eigenvalue weighted by atomic mass is 79.9. The van der Waals surface area contributed by atoms with Gasteiger partial charge in [-0.2, -0.15) is 0 Å². The van der Waals surface area contributed by atoms with Crippen LogP contribution in [0.4, 0.5) is 0 Å². The summed E-state index contributed by atoms with van der Waals surface area (Å²) in [6.45, 7) is 0. The Bertz CT molecular complexity index is 460. The van der Waals surface area contributed by atoms with Gasteiger partial charge in [-0.25, -0.2) is 0 Å². The van der Waals surface area contributed by atoms with Gasteiger partial charge in [-0.1, -0.05) is 0 Å². The number of carbonyl (C=O) groups is 2. The van der Waals surface area contributed by atoms with Crippen molar-refractivity contribution in [3.8, 4) is 0 Å². The SMILES string of the molecule is NC(=O)c1cc(Br)c(Br)c(C(N)=O)c1Br. The molecule has 0 saturated heterocycles. The minimum absolute atomic E-state index is 0.179. The number of rotatable bonds is 2. The molecule has 4 nitrogen and oxygen atoms in total. The summed E-state index contributed by atoms with van der Waals surface area (Å²) in [5.74, 6) is -1.30. The van der Waals surface area contributed by atoms with Gasteiger partial charge >= 0.3 is 0 Å². The molecule has 1 aromatic rings. The van der Waals surface area contributed by atoms with Crippen molar-refractivity contribution >= 4 is 59.6 Å². The highest BCUT2D eigenvalue weighted by molar-refractivity contribution is 9.13. The lowest BCUT2D eigenvalue weighted by Gasteiger charge is -2.09. The van der Waals surface area contributed by atoms with Crippen LogP contribution in [0.1, 0.15) is 20.7 Å². The van der Waals surface area contributed by atoms with Crippen LogP contribution in [0.25, 0.3) is 0 Å². The van der Waals surface area contributed by atoms with Crippen LogP contribution in [0, 0.1) is 0 Å². The number of carbonyl (C=O) groups excluding carboxylic acids is 2. The molecule has 0 aliphatic carbocycles. The van der Waals surface area contributed by atoms with Crippen molar-refractivity contribution in [3.63, 3.8) is 0 Å².